The van der Waals surface area contributed by atoms with Gasteiger partial charge in [-0.25, -0.2) is 4.99 Å². The van der Waals surface area contributed by atoms with Crippen LogP contribution in [0, 0.1) is 12.8 Å². The molecule has 1 aromatic carbocycles. The molecule has 6 nitrogen and oxygen atoms in total. The molecule has 2 saturated carbocycles. The molecule has 0 radical (unpaired) electrons. The van der Waals surface area contributed by atoms with Crippen molar-refractivity contribution in [3.8, 4) is 0 Å². The lowest BCUT2D eigenvalue weighted by Crippen LogP contribution is -2.34. The van der Waals surface area contributed by atoms with Crippen molar-refractivity contribution in [3.05, 3.63) is 34.4 Å². The van der Waals surface area contributed by atoms with Gasteiger partial charge in [0, 0.05) is 18.5 Å². The van der Waals surface area contributed by atoms with E-state index in [-0.39, 0.29) is 18.9 Å². The van der Waals surface area contributed by atoms with Crippen LogP contribution in [0.4, 0.5) is 0 Å². The van der Waals surface area contributed by atoms with Gasteiger partial charge in [-0.15, -0.1) is 0 Å². The van der Waals surface area contributed by atoms with E-state index in [1.54, 1.807) is 0 Å². The first kappa shape index (κ1) is 25.7. The first-order valence-corrected chi connectivity index (χ1v) is 13.9. The van der Waals surface area contributed by atoms with Gasteiger partial charge in [-0.2, -0.15) is 0 Å². The number of amides is 1. The largest absolute Gasteiger partial charge is 0.481 e. The Hall–Kier alpha value is -2.37. The number of benzene rings is 1. The number of carbonyl (C=O) groups excluding carboxylic acids is 1. The van der Waals surface area contributed by atoms with E-state index < -0.39 is 12.0 Å². The maximum absolute atomic E-state index is 12.7. The van der Waals surface area contributed by atoms with Crippen molar-refractivity contribution in [1.82, 2.24) is 5.32 Å². The molecular weight excluding hydrogens is 440 g/mol. The molecule has 0 aromatic heterocycles. The molecule has 1 amide bonds. The fraction of sp³-hybridized carbons (Fsp3) is 0.690. The molecule has 2 aliphatic carbocycles. The molecule has 0 spiro atoms. The Labute approximate surface area is 209 Å². The van der Waals surface area contributed by atoms with Gasteiger partial charge in [0.25, 0.3) is 0 Å². The summed E-state index contributed by atoms with van der Waals surface area (Å²) < 4.78 is 5.97. The van der Waals surface area contributed by atoms with Gasteiger partial charge in [0.15, 0.2) is 6.04 Å². The predicted octanol–water partition coefficient (Wildman–Crippen LogP) is 5.68. The fourth-order valence-corrected chi connectivity index (χ4v) is 6.23. The summed E-state index contributed by atoms with van der Waals surface area (Å²) >= 11 is 0. The second-order valence-corrected chi connectivity index (χ2v) is 10.7. The highest BCUT2D eigenvalue weighted by Gasteiger charge is 2.31. The van der Waals surface area contributed by atoms with Gasteiger partial charge in [0.2, 0.25) is 11.8 Å². The van der Waals surface area contributed by atoms with Gasteiger partial charge in [-0.05, 0) is 67.2 Å². The number of hydrogen-bond donors (Lipinski definition) is 2. The molecule has 1 unspecified atom stereocenters. The van der Waals surface area contributed by atoms with Gasteiger partial charge < -0.3 is 15.2 Å². The third kappa shape index (κ3) is 6.86. The fourth-order valence-electron chi connectivity index (χ4n) is 6.23. The van der Waals surface area contributed by atoms with Crippen molar-refractivity contribution in [2.45, 2.75) is 109 Å². The average molecular weight is 483 g/mol. The lowest BCUT2D eigenvalue weighted by atomic mass is 9.85. The first-order valence-electron chi connectivity index (χ1n) is 13.9. The van der Waals surface area contributed by atoms with Crippen LogP contribution in [-0.2, 0) is 20.7 Å². The molecule has 0 bridgehead atoms. The summed E-state index contributed by atoms with van der Waals surface area (Å²) in [4.78, 5) is 28.5. The molecular formula is C29H42N2O4. The highest BCUT2D eigenvalue weighted by atomic mass is 16.5. The minimum Gasteiger partial charge on any atom is -0.481 e. The zero-order chi connectivity index (χ0) is 24.6. The Morgan fingerprint density at radius 2 is 1.80 bits per heavy atom. The molecule has 192 valence electrons. The Morgan fingerprint density at radius 1 is 1.06 bits per heavy atom. The van der Waals surface area contributed by atoms with Crippen LogP contribution >= 0.6 is 0 Å². The number of rotatable bonds is 11. The number of nitrogens with one attached hydrogen (secondary N) is 1. The normalized spacial score (nSPS) is 21.1. The molecule has 4 rings (SSSR count). The molecule has 3 aliphatic rings. The molecule has 0 saturated heterocycles. The van der Waals surface area contributed by atoms with Crippen LogP contribution in [-0.4, -0.2) is 42.1 Å². The summed E-state index contributed by atoms with van der Waals surface area (Å²) in [5, 5.41) is 12.2. The average Bonchev–Trinajstić information content (AvgIpc) is 3.56. The molecule has 2 fully saturated rings. The van der Waals surface area contributed by atoms with Crippen molar-refractivity contribution in [2.24, 2.45) is 10.9 Å². The zero-order valence-corrected chi connectivity index (χ0v) is 21.3. The smallest absolute Gasteiger partial charge is 0.303 e. The first-order chi connectivity index (χ1) is 17.0. The minimum atomic E-state index is -0.776. The van der Waals surface area contributed by atoms with Crippen molar-refractivity contribution >= 4 is 17.8 Å². The van der Waals surface area contributed by atoms with Crippen molar-refractivity contribution < 1.29 is 19.4 Å². The third-order valence-electron chi connectivity index (χ3n) is 8.25. The highest BCUT2D eigenvalue weighted by Crippen LogP contribution is 2.39. The van der Waals surface area contributed by atoms with E-state index in [9.17, 15) is 9.59 Å². The second-order valence-electron chi connectivity index (χ2n) is 10.7. The van der Waals surface area contributed by atoms with E-state index in [0.29, 0.717) is 24.8 Å². The third-order valence-corrected chi connectivity index (χ3v) is 8.25. The number of aryl methyl sites for hydroxylation is 1. The molecule has 1 aromatic rings. The summed E-state index contributed by atoms with van der Waals surface area (Å²) in [6, 6.07) is 3.55. The molecule has 2 N–H and O–H groups in total. The van der Waals surface area contributed by atoms with Gasteiger partial charge in [-0.3, -0.25) is 9.59 Å². The van der Waals surface area contributed by atoms with Gasteiger partial charge in [0.05, 0.1) is 0 Å². The monoisotopic (exact) mass is 482 g/mol. The molecule has 1 aliphatic heterocycles. The SMILES string of the molecule is Cc1c(CCC(=O)O)ccc(C2=NC(C(=O)NCCCCC3CCCCC3)CO2)c1C1CCCC1. The second kappa shape index (κ2) is 12.5. The van der Waals surface area contributed by atoms with E-state index in [2.05, 4.69) is 12.2 Å². The van der Waals surface area contributed by atoms with Crippen LogP contribution in [0.1, 0.15) is 112 Å². The summed E-state index contributed by atoms with van der Waals surface area (Å²) in [5.74, 6) is 1.08. The van der Waals surface area contributed by atoms with Crippen molar-refractivity contribution in [3.63, 3.8) is 0 Å². The van der Waals surface area contributed by atoms with Gasteiger partial charge in [0.1, 0.15) is 6.61 Å². The summed E-state index contributed by atoms with van der Waals surface area (Å²) in [6.07, 6.45) is 15.8. The van der Waals surface area contributed by atoms with Crippen LogP contribution in [0.3, 0.4) is 0 Å². The predicted molar refractivity (Wildman–Crippen MR) is 138 cm³/mol. The standard InChI is InChI=1S/C29H42N2O4/c1-20-22(15-17-26(32)33)14-16-24(27(20)23-12-5-6-13-23)29-31-25(19-35-29)28(34)30-18-8-7-11-21-9-3-2-4-10-21/h14,16,21,23,25H,2-13,15,17-19H2,1H3,(H,30,34)(H,32,33). The number of hydrogen-bond acceptors (Lipinski definition) is 4. The number of unbranched alkanes of at least 4 members (excludes halogenated alkanes) is 1. The van der Waals surface area contributed by atoms with E-state index in [4.69, 9.17) is 14.8 Å². The molecule has 35 heavy (non-hydrogen) atoms. The van der Waals surface area contributed by atoms with E-state index in [0.717, 1.165) is 41.9 Å². The highest BCUT2D eigenvalue weighted by molar-refractivity contribution is 6.00. The Bertz CT molecular complexity index is 914. The Morgan fingerprint density at radius 3 is 2.54 bits per heavy atom. The van der Waals surface area contributed by atoms with Crippen LogP contribution in [0.25, 0.3) is 0 Å². The zero-order valence-electron chi connectivity index (χ0n) is 21.3. The number of ether oxygens (including phenoxy) is 1. The Kier molecular flexibility index (Phi) is 9.22. The number of carboxylic acid groups (broad SMARTS) is 1. The number of aliphatic imine (C=N–C) groups is 1. The van der Waals surface area contributed by atoms with Gasteiger partial charge >= 0.3 is 5.97 Å². The quantitative estimate of drug-likeness (QED) is 0.397. The Balaban J connectivity index is 1.36. The topological polar surface area (TPSA) is 88.0 Å². The maximum atomic E-state index is 12.7. The van der Waals surface area contributed by atoms with Crippen LogP contribution < -0.4 is 5.32 Å². The number of aliphatic carboxylic acids is 1. The lowest BCUT2D eigenvalue weighted by Gasteiger charge is -2.21. The summed E-state index contributed by atoms with van der Waals surface area (Å²) in [5.41, 5.74) is 4.47. The van der Waals surface area contributed by atoms with Crippen LogP contribution in [0.2, 0.25) is 0 Å². The molecule has 6 heteroatoms. The van der Waals surface area contributed by atoms with Crippen LogP contribution in [0.15, 0.2) is 17.1 Å². The summed E-state index contributed by atoms with van der Waals surface area (Å²) in [6.45, 7) is 3.09. The van der Waals surface area contributed by atoms with E-state index >= 15 is 0 Å². The number of carbonyl (C=O) groups is 2. The molecule has 1 atom stereocenters. The van der Waals surface area contributed by atoms with E-state index in [1.807, 2.05) is 12.1 Å². The van der Waals surface area contributed by atoms with E-state index in [1.165, 1.54) is 63.4 Å². The maximum Gasteiger partial charge on any atom is 0.303 e. The molecule has 1 heterocycles. The van der Waals surface area contributed by atoms with Crippen LogP contribution in [0.5, 0.6) is 0 Å². The van der Waals surface area contributed by atoms with Crippen molar-refractivity contribution in [2.75, 3.05) is 13.2 Å². The van der Waals surface area contributed by atoms with Crippen molar-refractivity contribution in [1.29, 1.82) is 0 Å². The summed E-state index contributed by atoms with van der Waals surface area (Å²) in [7, 11) is 0. The number of nitrogens with zero attached hydrogens (tertiary/aromatic N) is 1. The minimum absolute atomic E-state index is 0.0464. The lowest BCUT2D eigenvalue weighted by molar-refractivity contribution is -0.137. The van der Waals surface area contributed by atoms with Gasteiger partial charge in [-0.1, -0.05) is 63.9 Å². The number of carboxylic acids is 1.